The lowest BCUT2D eigenvalue weighted by atomic mass is 9.73. The lowest BCUT2D eigenvalue weighted by Crippen LogP contribution is -2.40. The summed E-state index contributed by atoms with van der Waals surface area (Å²) in [5.74, 6) is 0.862. The zero-order valence-corrected chi connectivity index (χ0v) is 20.5. The molecule has 0 radical (unpaired) electrons. The number of carbonyl (C=O) groups is 2. The second kappa shape index (κ2) is 8.73. The van der Waals surface area contributed by atoms with Crippen molar-refractivity contribution in [3.8, 4) is 0 Å². The number of ketones is 1. The van der Waals surface area contributed by atoms with Crippen LogP contribution in [-0.4, -0.2) is 23.4 Å². The number of nitrogens with zero attached hydrogens (tertiary/aromatic N) is 2. The van der Waals surface area contributed by atoms with Gasteiger partial charge in [0.1, 0.15) is 5.76 Å². The predicted molar refractivity (Wildman–Crippen MR) is 136 cm³/mol. The van der Waals surface area contributed by atoms with Crippen LogP contribution in [0.5, 0.6) is 0 Å². The molecule has 5 rings (SSSR count). The monoisotopic (exact) mass is 470 g/mol. The molecule has 35 heavy (non-hydrogen) atoms. The van der Waals surface area contributed by atoms with Crippen LogP contribution in [0.2, 0.25) is 0 Å². The van der Waals surface area contributed by atoms with Crippen LogP contribution < -0.4 is 15.5 Å². The van der Waals surface area contributed by atoms with Gasteiger partial charge in [0, 0.05) is 23.8 Å². The maximum absolute atomic E-state index is 13.7. The molecule has 0 unspecified atom stereocenters. The minimum Gasteiger partial charge on any atom is -0.360 e. The van der Waals surface area contributed by atoms with Gasteiger partial charge in [-0.25, -0.2) is 0 Å². The molecule has 0 bridgehead atoms. The van der Waals surface area contributed by atoms with Crippen LogP contribution in [0, 0.1) is 19.3 Å². The molecule has 1 amide bonds. The summed E-state index contributed by atoms with van der Waals surface area (Å²) >= 11 is 0. The number of anilines is 3. The molecule has 180 valence electrons. The molecule has 2 N–H and O–H groups in total. The van der Waals surface area contributed by atoms with Gasteiger partial charge in [-0.1, -0.05) is 61.0 Å². The van der Waals surface area contributed by atoms with Crippen LogP contribution in [0.3, 0.4) is 0 Å². The van der Waals surface area contributed by atoms with E-state index >= 15 is 0 Å². The van der Waals surface area contributed by atoms with Gasteiger partial charge in [-0.05, 0) is 43.4 Å². The lowest BCUT2D eigenvalue weighted by Gasteiger charge is -2.37. The predicted octanol–water partition coefficient (Wildman–Crippen LogP) is 5.55. The van der Waals surface area contributed by atoms with E-state index in [-0.39, 0.29) is 23.7 Å². The van der Waals surface area contributed by atoms with Crippen molar-refractivity contribution in [3.05, 3.63) is 82.8 Å². The summed E-state index contributed by atoms with van der Waals surface area (Å²) in [6.45, 7) is 8.10. The van der Waals surface area contributed by atoms with Gasteiger partial charge in [0.15, 0.2) is 11.6 Å². The Labute approximate surface area is 205 Å². The summed E-state index contributed by atoms with van der Waals surface area (Å²) in [6, 6.07) is 17.4. The van der Waals surface area contributed by atoms with E-state index in [1.807, 2.05) is 48.2 Å². The second-order valence-corrected chi connectivity index (χ2v) is 10.3. The maximum atomic E-state index is 13.7. The van der Waals surface area contributed by atoms with E-state index in [0.29, 0.717) is 18.0 Å². The average molecular weight is 471 g/mol. The van der Waals surface area contributed by atoms with Crippen molar-refractivity contribution >= 4 is 28.9 Å². The van der Waals surface area contributed by atoms with E-state index in [2.05, 4.69) is 41.8 Å². The van der Waals surface area contributed by atoms with Crippen molar-refractivity contribution < 1.29 is 14.1 Å². The number of aryl methyl sites for hydroxylation is 2. The summed E-state index contributed by atoms with van der Waals surface area (Å²) < 4.78 is 5.10. The van der Waals surface area contributed by atoms with Crippen molar-refractivity contribution in [2.45, 2.75) is 46.6 Å². The number of hydrogen-bond acceptors (Lipinski definition) is 6. The lowest BCUT2D eigenvalue weighted by molar-refractivity contribution is -0.119. The maximum Gasteiger partial charge on any atom is 0.245 e. The molecule has 1 aliphatic carbocycles. The molecule has 2 aromatic carbocycles. The highest BCUT2D eigenvalue weighted by molar-refractivity contribution is 6.02. The van der Waals surface area contributed by atoms with Gasteiger partial charge in [0.2, 0.25) is 5.91 Å². The first-order chi connectivity index (χ1) is 16.7. The van der Waals surface area contributed by atoms with Crippen LogP contribution in [0.25, 0.3) is 0 Å². The topological polar surface area (TPSA) is 87.5 Å². The molecule has 1 atom stereocenters. The number of Topliss-reactive ketones (excluding diaryl/α,β-unsaturated/α-hetero) is 1. The average Bonchev–Trinajstić information content (AvgIpc) is 3.14. The number of para-hydroxylation sites is 2. The molecular formula is C28H30N4O3. The first-order valence-corrected chi connectivity index (χ1v) is 11.9. The zero-order valence-electron chi connectivity index (χ0n) is 20.5. The number of benzene rings is 2. The number of nitrogens with one attached hydrogen (secondary N) is 2. The number of amides is 1. The van der Waals surface area contributed by atoms with Gasteiger partial charge in [0.25, 0.3) is 0 Å². The van der Waals surface area contributed by atoms with E-state index in [0.717, 1.165) is 40.2 Å². The quantitative estimate of drug-likeness (QED) is 0.520. The third-order valence-electron chi connectivity index (χ3n) is 6.61. The Hall–Kier alpha value is -3.87. The van der Waals surface area contributed by atoms with Crippen molar-refractivity contribution in [2.24, 2.45) is 5.41 Å². The molecule has 0 saturated carbocycles. The van der Waals surface area contributed by atoms with Crippen molar-refractivity contribution in [1.82, 2.24) is 5.16 Å². The third kappa shape index (κ3) is 4.58. The Balaban J connectivity index is 1.64. The minimum atomic E-state index is -0.407. The Morgan fingerprint density at radius 2 is 1.89 bits per heavy atom. The molecule has 2 aliphatic rings. The van der Waals surface area contributed by atoms with Crippen molar-refractivity contribution in [1.29, 1.82) is 0 Å². The van der Waals surface area contributed by atoms with Crippen LogP contribution in [0.1, 0.15) is 49.6 Å². The first kappa shape index (κ1) is 22.9. The highest BCUT2D eigenvalue weighted by atomic mass is 16.5. The number of hydrogen-bond donors (Lipinski definition) is 2. The zero-order chi connectivity index (χ0) is 24.7. The van der Waals surface area contributed by atoms with Gasteiger partial charge in [-0.15, -0.1) is 0 Å². The number of rotatable bonds is 4. The summed E-state index contributed by atoms with van der Waals surface area (Å²) in [7, 11) is 0. The normalized spacial score (nSPS) is 18.9. The summed E-state index contributed by atoms with van der Waals surface area (Å²) in [4.78, 5) is 28.9. The third-order valence-corrected chi connectivity index (χ3v) is 6.61. The molecule has 7 heteroatoms. The SMILES string of the molecule is Cc1ccc([C@@H]2C3=C(CC(C)(C)CC3=O)Nc3ccccc3N2CC(=O)Nc2cc(C)on2)cc1. The Morgan fingerprint density at radius 3 is 2.60 bits per heavy atom. The molecule has 7 nitrogen and oxygen atoms in total. The second-order valence-electron chi connectivity index (χ2n) is 10.3. The molecule has 1 aromatic heterocycles. The van der Waals surface area contributed by atoms with Gasteiger partial charge < -0.3 is 20.1 Å². The van der Waals surface area contributed by atoms with E-state index in [1.165, 1.54) is 0 Å². The fourth-order valence-electron chi connectivity index (χ4n) is 5.08. The van der Waals surface area contributed by atoms with Crippen molar-refractivity contribution in [2.75, 3.05) is 22.1 Å². The number of aromatic nitrogens is 1. The highest BCUT2D eigenvalue weighted by Crippen LogP contribution is 2.48. The highest BCUT2D eigenvalue weighted by Gasteiger charge is 2.41. The fourth-order valence-corrected chi connectivity index (χ4v) is 5.08. The van der Waals surface area contributed by atoms with Gasteiger partial charge in [-0.2, -0.15) is 0 Å². The Bertz CT molecular complexity index is 1320. The van der Waals surface area contributed by atoms with Crippen LogP contribution in [-0.2, 0) is 9.59 Å². The Morgan fingerprint density at radius 1 is 1.14 bits per heavy atom. The fraction of sp³-hybridized carbons (Fsp3) is 0.321. The molecule has 0 spiro atoms. The largest absolute Gasteiger partial charge is 0.360 e. The van der Waals surface area contributed by atoms with Crippen LogP contribution >= 0.6 is 0 Å². The number of carbonyl (C=O) groups excluding carboxylic acids is 2. The molecule has 0 saturated heterocycles. The van der Waals surface area contributed by atoms with Crippen molar-refractivity contribution in [3.63, 3.8) is 0 Å². The van der Waals surface area contributed by atoms with Gasteiger partial charge in [0.05, 0.1) is 24.0 Å². The van der Waals surface area contributed by atoms with Gasteiger partial charge in [-0.3, -0.25) is 9.59 Å². The summed E-state index contributed by atoms with van der Waals surface area (Å²) in [5.41, 5.74) is 5.37. The molecule has 1 aliphatic heterocycles. The minimum absolute atomic E-state index is 0.0383. The smallest absolute Gasteiger partial charge is 0.245 e. The van der Waals surface area contributed by atoms with E-state index in [9.17, 15) is 9.59 Å². The molecule has 2 heterocycles. The van der Waals surface area contributed by atoms with Crippen LogP contribution in [0.4, 0.5) is 17.2 Å². The first-order valence-electron chi connectivity index (χ1n) is 11.9. The number of allylic oxidation sites excluding steroid dienone is 1. The van der Waals surface area contributed by atoms with Gasteiger partial charge >= 0.3 is 0 Å². The van der Waals surface area contributed by atoms with Crippen LogP contribution in [0.15, 0.2) is 70.4 Å². The molecule has 0 fully saturated rings. The van der Waals surface area contributed by atoms with E-state index in [1.54, 1.807) is 13.0 Å². The standard InChI is InChI=1S/C28H30N4O3/c1-17-9-11-19(12-10-17)27-26-21(14-28(3,4)15-23(26)33)29-20-7-5-6-8-22(20)32(27)16-25(34)30-24-13-18(2)35-31-24/h5-13,27,29H,14-16H2,1-4H3,(H,30,31,34)/t27-/m1/s1. The van der Waals surface area contributed by atoms with E-state index < -0.39 is 6.04 Å². The Kier molecular flexibility index (Phi) is 5.71. The number of fused-ring (bicyclic) bond motifs is 1. The summed E-state index contributed by atoms with van der Waals surface area (Å²) in [6.07, 6.45) is 1.22. The molecule has 3 aromatic rings. The van der Waals surface area contributed by atoms with E-state index in [4.69, 9.17) is 4.52 Å². The summed E-state index contributed by atoms with van der Waals surface area (Å²) in [5, 5.41) is 10.3. The molecular weight excluding hydrogens is 440 g/mol.